The van der Waals surface area contributed by atoms with E-state index in [2.05, 4.69) is 20.5 Å². The number of pyridine rings is 1. The Morgan fingerprint density at radius 2 is 2.06 bits per heavy atom. The number of rotatable bonds is 6. The highest BCUT2D eigenvalue weighted by Crippen LogP contribution is 2.23. The summed E-state index contributed by atoms with van der Waals surface area (Å²) in [6.45, 7) is 2.12. The van der Waals surface area contributed by atoms with Gasteiger partial charge in [-0.05, 0) is 37.3 Å². The van der Waals surface area contributed by atoms with Crippen molar-refractivity contribution in [1.29, 1.82) is 0 Å². The Balaban J connectivity index is 1.86. The number of nitrogens with one attached hydrogen (secondary N) is 1. The molecule has 164 valence electrons. The minimum Gasteiger partial charge on any atom is -0.384 e. The molecule has 1 aromatic carbocycles. The maximum absolute atomic E-state index is 13.1. The van der Waals surface area contributed by atoms with Crippen LogP contribution in [0.4, 0.5) is 5.82 Å². The van der Waals surface area contributed by atoms with Crippen LogP contribution in [0.5, 0.6) is 0 Å². The smallest absolute Gasteiger partial charge is 0.284 e. The molecule has 0 saturated carbocycles. The van der Waals surface area contributed by atoms with E-state index in [1.807, 2.05) is 24.3 Å². The van der Waals surface area contributed by atoms with Crippen LogP contribution in [0.3, 0.4) is 0 Å². The minimum absolute atomic E-state index is 0.0302. The van der Waals surface area contributed by atoms with Crippen LogP contribution in [-0.4, -0.2) is 50.2 Å². The molecule has 0 aliphatic rings. The Hall–Kier alpha value is -4.05. The van der Waals surface area contributed by atoms with Crippen LogP contribution in [0.15, 0.2) is 53.6 Å². The third kappa shape index (κ3) is 4.21. The number of aryl methyl sites for hydroxylation is 1. The van der Waals surface area contributed by atoms with Crippen LogP contribution >= 0.6 is 0 Å². The van der Waals surface area contributed by atoms with E-state index < -0.39 is 11.5 Å². The Morgan fingerprint density at radius 1 is 1.25 bits per heavy atom. The molecule has 10 heteroatoms. The van der Waals surface area contributed by atoms with E-state index in [9.17, 15) is 9.59 Å². The standard InChI is InChI=1S/C22H23N7O3/c1-13(12-32-3)25-21(30)17-9-19(27-29(22(17)31)16-10-24-28(2)11-16)15-4-6-18-14(8-15)5-7-20(23)26-18/h4-11,13H,12H2,1-3H3,(H2,23,26)(H,25,30)/t13-/m0/s1. The summed E-state index contributed by atoms with van der Waals surface area (Å²) in [5.74, 6) is -0.0753. The van der Waals surface area contributed by atoms with Crippen molar-refractivity contribution in [2.24, 2.45) is 7.05 Å². The lowest BCUT2D eigenvalue weighted by atomic mass is 10.1. The topological polar surface area (TPSA) is 130 Å². The lowest BCUT2D eigenvalue weighted by molar-refractivity contribution is 0.0903. The summed E-state index contributed by atoms with van der Waals surface area (Å²) in [4.78, 5) is 30.4. The van der Waals surface area contributed by atoms with Gasteiger partial charge < -0.3 is 15.8 Å². The molecule has 3 heterocycles. The summed E-state index contributed by atoms with van der Waals surface area (Å²) in [5, 5.41) is 12.3. The highest BCUT2D eigenvalue weighted by Gasteiger charge is 2.19. The molecule has 4 aromatic rings. The lowest BCUT2D eigenvalue weighted by Crippen LogP contribution is -2.39. The zero-order valence-electron chi connectivity index (χ0n) is 17.9. The molecule has 0 radical (unpaired) electrons. The third-order valence-corrected chi connectivity index (χ3v) is 4.89. The fourth-order valence-corrected chi connectivity index (χ4v) is 3.38. The van der Waals surface area contributed by atoms with E-state index in [1.54, 1.807) is 38.0 Å². The van der Waals surface area contributed by atoms with Gasteiger partial charge in [0.05, 0.1) is 30.2 Å². The van der Waals surface area contributed by atoms with Gasteiger partial charge in [0.2, 0.25) is 0 Å². The van der Waals surface area contributed by atoms with Gasteiger partial charge in [0.15, 0.2) is 0 Å². The zero-order chi connectivity index (χ0) is 22.8. The summed E-state index contributed by atoms with van der Waals surface area (Å²) < 4.78 is 7.81. The largest absolute Gasteiger partial charge is 0.384 e. The fraction of sp³-hybridized carbons (Fsp3) is 0.227. The Kier molecular flexibility index (Phi) is 5.69. The number of nitrogen functional groups attached to an aromatic ring is 1. The van der Waals surface area contributed by atoms with Gasteiger partial charge in [-0.2, -0.15) is 14.9 Å². The van der Waals surface area contributed by atoms with Crippen molar-refractivity contribution in [3.63, 3.8) is 0 Å². The molecule has 0 bridgehead atoms. The molecular formula is C22H23N7O3. The summed E-state index contributed by atoms with van der Waals surface area (Å²) in [7, 11) is 3.28. The number of anilines is 1. The molecule has 1 amide bonds. The Bertz CT molecular complexity index is 1360. The van der Waals surface area contributed by atoms with Crippen LogP contribution in [0.2, 0.25) is 0 Å². The van der Waals surface area contributed by atoms with Gasteiger partial charge in [-0.1, -0.05) is 6.07 Å². The number of nitrogens with zero attached hydrogens (tertiary/aromatic N) is 5. The van der Waals surface area contributed by atoms with E-state index in [4.69, 9.17) is 10.5 Å². The number of carbonyl (C=O) groups is 1. The molecule has 0 saturated heterocycles. The first-order valence-corrected chi connectivity index (χ1v) is 9.95. The maximum Gasteiger partial charge on any atom is 0.284 e. The van der Waals surface area contributed by atoms with E-state index >= 15 is 0 Å². The molecule has 10 nitrogen and oxygen atoms in total. The number of amides is 1. The average Bonchev–Trinajstić information content (AvgIpc) is 3.19. The van der Waals surface area contributed by atoms with Crippen LogP contribution in [0.25, 0.3) is 27.8 Å². The zero-order valence-corrected chi connectivity index (χ0v) is 17.9. The summed E-state index contributed by atoms with van der Waals surface area (Å²) in [6, 6.07) is 10.3. The van der Waals surface area contributed by atoms with Crippen molar-refractivity contribution < 1.29 is 9.53 Å². The molecule has 0 fully saturated rings. The average molecular weight is 433 g/mol. The second-order valence-corrected chi connectivity index (χ2v) is 7.51. The Labute approximate surface area is 183 Å². The van der Waals surface area contributed by atoms with Crippen molar-refractivity contribution >= 4 is 22.6 Å². The maximum atomic E-state index is 13.1. The highest BCUT2D eigenvalue weighted by atomic mass is 16.5. The van der Waals surface area contributed by atoms with Gasteiger partial charge in [-0.15, -0.1) is 0 Å². The van der Waals surface area contributed by atoms with Gasteiger partial charge >= 0.3 is 0 Å². The lowest BCUT2D eigenvalue weighted by Gasteiger charge is -2.14. The molecular weight excluding hydrogens is 410 g/mol. The second kappa shape index (κ2) is 8.60. The summed E-state index contributed by atoms with van der Waals surface area (Å²) in [5.41, 5.74) is 7.56. The number of nitrogens with two attached hydrogens (primary N) is 1. The molecule has 4 rings (SSSR count). The fourth-order valence-electron chi connectivity index (χ4n) is 3.38. The first-order chi connectivity index (χ1) is 15.4. The van der Waals surface area contributed by atoms with Gasteiger partial charge in [0, 0.05) is 31.1 Å². The van der Waals surface area contributed by atoms with E-state index in [0.717, 1.165) is 16.5 Å². The SMILES string of the molecule is COC[C@H](C)NC(=O)c1cc(-c2ccc3nc(N)ccc3c2)nn(-c2cnn(C)c2)c1=O. The van der Waals surface area contributed by atoms with Crippen molar-refractivity contribution in [3.05, 3.63) is 64.7 Å². The summed E-state index contributed by atoms with van der Waals surface area (Å²) in [6.07, 6.45) is 3.17. The van der Waals surface area contributed by atoms with Crippen molar-refractivity contribution in [1.82, 2.24) is 29.9 Å². The van der Waals surface area contributed by atoms with Crippen LogP contribution in [0.1, 0.15) is 17.3 Å². The first kappa shape index (κ1) is 21.2. The van der Waals surface area contributed by atoms with E-state index in [1.165, 1.54) is 16.9 Å². The number of hydrogen-bond donors (Lipinski definition) is 2. The summed E-state index contributed by atoms with van der Waals surface area (Å²) >= 11 is 0. The van der Waals surface area contributed by atoms with Gasteiger partial charge in [-0.25, -0.2) is 4.98 Å². The molecule has 0 aliphatic carbocycles. The minimum atomic E-state index is -0.543. The molecule has 0 unspecified atom stereocenters. The number of aromatic nitrogens is 5. The second-order valence-electron chi connectivity index (χ2n) is 7.51. The van der Waals surface area contributed by atoms with Crippen molar-refractivity contribution in [3.8, 4) is 16.9 Å². The van der Waals surface area contributed by atoms with Gasteiger partial charge in [0.25, 0.3) is 11.5 Å². The Morgan fingerprint density at radius 3 is 2.78 bits per heavy atom. The number of ether oxygens (including phenoxy) is 1. The third-order valence-electron chi connectivity index (χ3n) is 4.89. The number of carbonyl (C=O) groups excluding carboxylic acids is 1. The molecule has 32 heavy (non-hydrogen) atoms. The molecule has 3 aromatic heterocycles. The van der Waals surface area contributed by atoms with Crippen LogP contribution in [0, 0.1) is 0 Å². The number of fused-ring (bicyclic) bond motifs is 1. The first-order valence-electron chi connectivity index (χ1n) is 9.95. The number of hydrogen-bond acceptors (Lipinski definition) is 7. The molecule has 1 atom stereocenters. The molecule has 3 N–H and O–H groups in total. The quantitative estimate of drug-likeness (QED) is 0.471. The predicted molar refractivity (Wildman–Crippen MR) is 121 cm³/mol. The van der Waals surface area contributed by atoms with Gasteiger partial charge in [0.1, 0.15) is 17.1 Å². The van der Waals surface area contributed by atoms with Crippen LogP contribution in [-0.2, 0) is 11.8 Å². The van der Waals surface area contributed by atoms with Crippen LogP contribution < -0.4 is 16.6 Å². The monoisotopic (exact) mass is 433 g/mol. The van der Waals surface area contributed by atoms with Crippen molar-refractivity contribution in [2.75, 3.05) is 19.5 Å². The predicted octanol–water partition coefficient (Wildman–Crippen LogP) is 1.53. The van der Waals surface area contributed by atoms with Gasteiger partial charge in [-0.3, -0.25) is 14.3 Å². The molecule has 0 aliphatic heterocycles. The van der Waals surface area contributed by atoms with Crippen molar-refractivity contribution in [2.45, 2.75) is 13.0 Å². The molecule has 0 spiro atoms. The van der Waals surface area contributed by atoms with E-state index in [-0.39, 0.29) is 11.6 Å². The number of benzene rings is 1. The highest BCUT2D eigenvalue weighted by molar-refractivity contribution is 5.95. The normalized spacial score (nSPS) is 12.1. The number of methoxy groups -OCH3 is 1. The van der Waals surface area contributed by atoms with E-state index in [0.29, 0.717) is 23.8 Å².